The number of hydrogen-bond donors (Lipinski definition) is 0. The van der Waals surface area contributed by atoms with Crippen molar-refractivity contribution in [2.24, 2.45) is 0 Å². The third-order valence-corrected chi connectivity index (χ3v) is 4.95. The SMILES string of the molecule is COc1ccccc1COc1cnn(-c2c(Cl)cccc2Cl)c(=O)c1Br. The van der Waals surface area contributed by atoms with E-state index in [0.717, 1.165) is 10.2 Å². The van der Waals surface area contributed by atoms with E-state index in [0.29, 0.717) is 27.2 Å². The van der Waals surface area contributed by atoms with Gasteiger partial charge in [0.15, 0.2) is 5.75 Å². The zero-order valence-electron chi connectivity index (χ0n) is 13.6. The van der Waals surface area contributed by atoms with Crippen molar-refractivity contribution in [1.29, 1.82) is 0 Å². The number of ether oxygens (including phenoxy) is 2. The Morgan fingerprint density at radius 2 is 1.77 bits per heavy atom. The van der Waals surface area contributed by atoms with Gasteiger partial charge >= 0.3 is 0 Å². The number of nitrogens with zero attached hydrogens (tertiary/aromatic N) is 2. The lowest BCUT2D eigenvalue weighted by molar-refractivity contribution is 0.292. The maximum absolute atomic E-state index is 12.7. The van der Waals surface area contributed by atoms with Crippen molar-refractivity contribution in [2.45, 2.75) is 6.61 Å². The van der Waals surface area contributed by atoms with Gasteiger partial charge in [-0.05, 0) is 34.1 Å². The second-order valence-corrected chi connectivity index (χ2v) is 6.82. The Labute approximate surface area is 168 Å². The first-order valence-electron chi connectivity index (χ1n) is 7.50. The van der Waals surface area contributed by atoms with Crippen LogP contribution in [0.2, 0.25) is 10.0 Å². The molecular formula is C18H13BrCl2N2O3. The normalized spacial score (nSPS) is 10.6. The van der Waals surface area contributed by atoms with Gasteiger partial charge in [0.2, 0.25) is 0 Å². The number of para-hydroxylation sites is 2. The van der Waals surface area contributed by atoms with Gasteiger partial charge in [-0.2, -0.15) is 9.78 Å². The highest BCUT2D eigenvalue weighted by atomic mass is 79.9. The van der Waals surface area contributed by atoms with Crippen LogP contribution in [0.25, 0.3) is 5.69 Å². The molecule has 0 aliphatic carbocycles. The van der Waals surface area contributed by atoms with Crippen LogP contribution in [-0.2, 0) is 6.61 Å². The molecule has 26 heavy (non-hydrogen) atoms. The molecule has 8 heteroatoms. The highest BCUT2D eigenvalue weighted by Crippen LogP contribution is 2.29. The molecule has 0 amide bonds. The summed E-state index contributed by atoms with van der Waals surface area (Å²) in [5.41, 5.74) is 0.732. The molecule has 0 fully saturated rings. The first-order chi connectivity index (χ1) is 12.5. The largest absolute Gasteiger partial charge is 0.496 e. The van der Waals surface area contributed by atoms with Gasteiger partial charge in [-0.15, -0.1) is 0 Å². The van der Waals surface area contributed by atoms with E-state index >= 15 is 0 Å². The van der Waals surface area contributed by atoms with Gasteiger partial charge in [-0.1, -0.05) is 47.5 Å². The average molecular weight is 456 g/mol. The van der Waals surface area contributed by atoms with Crippen LogP contribution in [0, 0.1) is 0 Å². The summed E-state index contributed by atoms with van der Waals surface area (Å²) in [6, 6.07) is 12.4. The first-order valence-corrected chi connectivity index (χ1v) is 9.04. The summed E-state index contributed by atoms with van der Waals surface area (Å²) in [5, 5.41) is 4.78. The summed E-state index contributed by atoms with van der Waals surface area (Å²) >= 11 is 15.6. The zero-order chi connectivity index (χ0) is 18.7. The van der Waals surface area contributed by atoms with E-state index in [9.17, 15) is 4.79 Å². The Morgan fingerprint density at radius 1 is 1.08 bits per heavy atom. The summed E-state index contributed by atoms with van der Waals surface area (Å²) in [4.78, 5) is 12.7. The quantitative estimate of drug-likeness (QED) is 0.549. The van der Waals surface area contributed by atoms with Crippen molar-refractivity contribution in [1.82, 2.24) is 9.78 Å². The van der Waals surface area contributed by atoms with Crippen molar-refractivity contribution in [3.8, 4) is 17.2 Å². The minimum atomic E-state index is -0.433. The fourth-order valence-electron chi connectivity index (χ4n) is 2.35. The number of hydrogen-bond acceptors (Lipinski definition) is 4. The Bertz CT molecular complexity index is 988. The van der Waals surface area contributed by atoms with E-state index in [1.54, 1.807) is 25.3 Å². The van der Waals surface area contributed by atoms with Gasteiger partial charge in [0.05, 0.1) is 23.4 Å². The number of halogens is 3. The van der Waals surface area contributed by atoms with E-state index < -0.39 is 5.56 Å². The smallest absolute Gasteiger partial charge is 0.289 e. The highest BCUT2D eigenvalue weighted by molar-refractivity contribution is 9.10. The lowest BCUT2D eigenvalue weighted by Gasteiger charge is -2.13. The predicted octanol–water partition coefficient (Wildman–Crippen LogP) is 4.89. The molecule has 0 bridgehead atoms. The molecule has 0 aliphatic heterocycles. The summed E-state index contributed by atoms with van der Waals surface area (Å²) in [7, 11) is 1.59. The molecule has 0 atom stereocenters. The van der Waals surface area contributed by atoms with E-state index in [4.69, 9.17) is 32.7 Å². The number of rotatable bonds is 5. The number of methoxy groups -OCH3 is 1. The van der Waals surface area contributed by atoms with Crippen LogP contribution in [0.4, 0.5) is 0 Å². The fourth-order valence-corrected chi connectivity index (χ4v) is 3.29. The molecule has 3 aromatic rings. The molecule has 0 spiro atoms. The monoisotopic (exact) mass is 454 g/mol. The van der Waals surface area contributed by atoms with Crippen molar-refractivity contribution < 1.29 is 9.47 Å². The van der Waals surface area contributed by atoms with Gasteiger partial charge in [0, 0.05) is 5.56 Å². The molecule has 0 radical (unpaired) electrons. The molecule has 3 rings (SSSR count). The standard InChI is InChI=1S/C18H13BrCl2N2O3/c1-25-14-8-3-2-5-11(14)10-26-15-9-22-23(18(24)16(15)19)17-12(20)6-4-7-13(17)21/h2-9H,10H2,1H3. The highest BCUT2D eigenvalue weighted by Gasteiger charge is 2.16. The van der Waals surface area contributed by atoms with Crippen LogP contribution in [-0.4, -0.2) is 16.9 Å². The van der Waals surface area contributed by atoms with Gasteiger partial charge in [0.25, 0.3) is 5.56 Å². The number of aromatic nitrogens is 2. The predicted molar refractivity (Wildman–Crippen MR) is 105 cm³/mol. The Kier molecular flexibility index (Phi) is 5.86. The minimum Gasteiger partial charge on any atom is -0.496 e. The van der Waals surface area contributed by atoms with E-state index in [2.05, 4.69) is 21.0 Å². The molecule has 0 N–H and O–H groups in total. The van der Waals surface area contributed by atoms with E-state index in [1.165, 1.54) is 6.20 Å². The van der Waals surface area contributed by atoms with Crippen LogP contribution in [0.1, 0.15) is 5.56 Å². The topological polar surface area (TPSA) is 53.4 Å². The Hall–Kier alpha value is -2.02. The summed E-state index contributed by atoms with van der Waals surface area (Å²) in [5.74, 6) is 1.01. The fraction of sp³-hybridized carbons (Fsp3) is 0.111. The van der Waals surface area contributed by atoms with Crippen molar-refractivity contribution in [3.05, 3.63) is 79.1 Å². The second kappa shape index (κ2) is 8.12. The lowest BCUT2D eigenvalue weighted by Crippen LogP contribution is -2.23. The maximum atomic E-state index is 12.7. The summed E-state index contributed by atoms with van der Waals surface area (Å²) < 4.78 is 12.4. The van der Waals surface area contributed by atoms with Gasteiger partial charge in [-0.25, -0.2) is 0 Å². The third kappa shape index (κ3) is 3.72. The molecule has 0 aliphatic rings. The molecule has 1 heterocycles. The van der Waals surface area contributed by atoms with Crippen molar-refractivity contribution in [3.63, 3.8) is 0 Å². The van der Waals surface area contributed by atoms with Crippen molar-refractivity contribution >= 4 is 39.1 Å². The molecule has 0 saturated carbocycles. The number of benzene rings is 2. The lowest BCUT2D eigenvalue weighted by atomic mass is 10.2. The Balaban J connectivity index is 1.92. The van der Waals surface area contributed by atoms with Gasteiger partial charge in [-0.3, -0.25) is 4.79 Å². The van der Waals surface area contributed by atoms with Crippen molar-refractivity contribution in [2.75, 3.05) is 7.11 Å². The molecule has 0 saturated heterocycles. The first kappa shape index (κ1) is 18.8. The third-order valence-electron chi connectivity index (χ3n) is 3.61. The van der Waals surface area contributed by atoms with E-state index in [-0.39, 0.29) is 11.1 Å². The second-order valence-electron chi connectivity index (χ2n) is 5.21. The van der Waals surface area contributed by atoms with Crippen LogP contribution >= 0.6 is 39.1 Å². The molecule has 5 nitrogen and oxygen atoms in total. The van der Waals surface area contributed by atoms with Crippen LogP contribution in [0.3, 0.4) is 0 Å². The maximum Gasteiger partial charge on any atom is 0.289 e. The van der Waals surface area contributed by atoms with Crippen LogP contribution in [0.5, 0.6) is 11.5 Å². The molecular weight excluding hydrogens is 443 g/mol. The summed E-state index contributed by atoms with van der Waals surface area (Å²) in [6.45, 7) is 0.223. The van der Waals surface area contributed by atoms with E-state index in [1.807, 2.05) is 24.3 Å². The summed E-state index contributed by atoms with van der Waals surface area (Å²) in [6.07, 6.45) is 1.43. The van der Waals surface area contributed by atoms with Crippen LogP contribution in [0.15, 0.2) is 57.9 Å². The van der Waals surface area contributed by atoms with Gasteiger partial charge in [0.1, 0.15) is 22.5 Å². The Morgan fingerprint density at radius 3 is 2.46 bits per heavy atom. The molecule has 0 unspecified atom stereocenters. The van der Waals surface area contributed by atoms with Gasteiger partial charge < -0.3 is 9.47 Å². The molecule has 1 aromatic heterocycles. The minimum absolute atomic E-state index is 0.221. The molecule has 2 aromatic carbocycles. The van der Waals surface area contributed by atoms with Crippen LogP contribution < -0.4 is 15.0 Å². The zero-order valence-corrected chi connectivity index (χ0v) is 16.7. The average Bonchev–Trinajstić information content (AvgIpc) is 2.64. The molecule has 134 valence electrons.